The minimum Gasteiger partial charge on any atom is -0.310 e. The van der Waals surface area contributed by atoms with Crippen molar-refractivity contribution in [3.8, 4) is 0 Å². The van der Waals surface area contributed by atoms with Crippen LogP contribution >= 0.6 is 11.3 Å². The number of rotatable bonds is 5. The van der Waals surface area contributed by atoms with Gasteiger partial charge in [-0.05, 0) is 35.1 Å². The van der Waals surface area contributed by atoms with Crippen LogP contribution in [-0.2, 0) is 26.1 Å². The molecule has 0 fully saturated rings. The molecule has 0 spiro atoms. The van der Waals surface area contributed by atoms with E-state index in [9.17, 15) is 0 Å². The Bertz CT molecular complexity index is 574. The van der Waals surface area contributed by atoms with Crippen molar-refractivity contribution in [1.82, 2.24) is 15.2 Å². The molecule has 0 radical (unpaired) electrons. The molecule has 0 bridgehead atoms. The van der Waals surface area contributed by atoms with E-state index in [2.05, 4.69) is 52.6 Å². The summed E-state index contributed by atoms with van der Waals surface area (Å²) in [4.78, 5) is 8.67. The molecule has 0 saturated carbocycles. The van der Waals surface area contributed by atoms with Gasteiger partial charge >= 0.3 is 0 Å². The summed E-state index contributed by atoms with van der Waals surface area (Å²) < 4.78 is 0. The van der Waals surface area contributed by atoms with E-state index in [0.29, 0.717) is 6.04 Å². The molecule has 0 aliphatic carbocycles. The molecule has 112 valence electrons. The van der Waals surface area contributed by atoms with E-state index in [1.807, 2.05) is 17.5 Å². The Labute approximate surface area is 131 Å². The maximum atomic E-state index is 4.62. The normalized spacial score (nSPS) is 15.4. The van der Waals surface area contributed by atoms with Gasteiger partial charge in [-0.1, -0.05) is 19.9 Å². The van der Waals surface area contributed by atoms with Crippen LogP contribution in [0.25, 0.3) is 0 Å². The van der Waals surface area contributed by atoms with Gasteiger partial charge in [0.05, 0.1) is 5.69 Å². The van der Waals surface area contributed by atoms with E-state index in [-0.39, 0.29) is 0 Å². The average molecular weight is 301 g/mol. The number of thiophene rings is 1. The van der Waals surface area contributed by atoms with E-state index < -0.39 is 0 Å². The Morgan fingerprint density at radius 2 is 2.24 bits per heavy atom. The molecule has 1 aliphatic rings. The summed E-state index contributed by atoms with van der Waals surface area (Å²) in [7, 11) is 0. The molecular formula is C17H23N3S. The summed E-state index contributed by atoms with van der Waals surface area (Å²) in [6, 6.07) is 7.14. The Morgan fingerprint density at radius 3 is 3.00 bits per heavy atom. The van der Waals surface area contributed by atoms with Crippen LogP contribution in [-0.4, -0.2) is 22.5 Å². The van der Waals surface area contributed by atoms with Crippen LogP contribution in [0.4, 0.5) is 0 Å². The van der Waals surface area contributed by atoms with E-state index in [1.54, 1.807) is 4.88 Å². The Hall–Kier alpha value is -1.23. The number of nitrogens with one attached hydrogen (secondary N) is 1. The first kappa shape index (κ1) is 14.7. The van der Waals surface area contributed by atoms with Crippen molar-refractivity contribution < 1.29 is 0 Å². The lowest BCUT2D eigenvalue weighted by molar-refractivity contribution is 0.244. The molecule has 0 atom stereocenters. The fourth-order valence-electron chi connectivity index (χ4n) is 2.65. The first-order chi connectivity index (χ1) is 10.2. The third-order valence-electron chi connectivity index (χ3n) is 3.87. The van der Waals surface area contributed by atoms with Gasteiger partial charge in [0.15, 0.2) is 0 Å². The lowest BCUT2D eigenvalue weighted by Gasteiger charge is -2.26. The van der Waals surface area contributed by atoms with Gasteiger partial charge in [0.2, 0.25) is 0 Å². The van der Waals surface area contributed by atoms with Crippen molar-refractivity contribution in [3.63, 3.8) is 0 Å². The summed E-state index contributed by atoms with van der Waals surface area (Å²) in [6.45, 7) is 8.39. The Kier molecular flexibility index (Phi) is 4.68. The molecule has 1 aliphatic heterocycles. The molecule has 1 N–H and O–H groups in total. The van der Waals surface area contributed by atoms with Gasteiger partial charge in [-0.25, -0.2) is 0 Å². The molecule has 0 aromatic carbocycles. The molecule has 2 aromatic heterocycles. The van der Waals surface area contributed by atoms with Crippen LogP contribution in [0.3, 0.4) is 0 Å². The fraction of sp³-hybridized carbons (Fsp3) is 0.471. The second kappa shape index (κ2) is 6.69. The molecule has 21 heavy (non-hydrogen) atoms. The molecule has 3 rings (SSSR count). The summed E-state index contributed by atoms with van der Waals surface area (Å²) in [5.41, 5.74) is 3.93. The number of fused-ring (bicyclic) bond motifs is 1. The first-order valence-corrected chi connectivity index (χ1v) is 8.53. The van der Waals surface area contributed by atoms with Crippen LogP contribution in [0.15, 0.2) is 29.8 Å². The first-order valence-electron chi connectivity index (χ1n) is 7.65. The zero-order valence-corrected chi connectivity index (χ0v) is 13.6. The zero-order valence-electron chi connectivity index (χ0n) is 12.8. The maximum absolute atomic E-state index is 4.62. The highest BCUT2D eigenvalue weighted by Gasteiger charge is 2.17. The molecule has 4 heteroatoms. The molecule has 0 amide bonds. The smallest absolute Gasteiger partial charge is 0.0544 e. The van der Waals surface area contributed by atoms with Gasteiger partial charge in [0.1, 0.15) is 0 Å². The van der Waals surface area contributed by atoms with Crippen LogP contribution in [0.2, 0.25) is 0 Å². The zero-order chi connectivity index (χ0) is 14.7. The number of pyridine rings is 1. The van der Waals surface area contributed by atoms with Gasteiger partial charge in [0, 0.05) is 43.3 Å². The number of hydrogen-bond donors (Lipinski definition) is 1. The monoisotopic (exact) mass is 301 g/mol. The maximum Gasteiger partial charge on any atom is 0.0544 e. The highest BCUT2D eigenvalue weighted by Crippen LogP contribution is 2.24. The predicted octanol–water partition coefficient (Wildman–Crippen LogP) is 3.20. The van der Waals surface area contributed by atoms with Crippen molar-refractivity contribution >= 4 is 11.3 Å². The highest BCUT2D eigenvalue weighted by molar-refractivity contribution is 7.10. The SMILES string of the molecule is CC(C)NCc1ccc(CN2CCc3sccc3C2)nc1. The molecule has 0 saturated heterocycles. The van der Waals surface area contributed by atoms with Crippen LogP contribution in [0.5, 0.6) is 0 Å². The van der Waals surface area contributed by atoms with Crippen molar-refractivity contribution in [3.05, 3.63) is 51.5 Å². The third-order valence-corrected chi connectivity index (χ3v) is 4.90. The second-order valence-corrected chi connectivity index (χ2v) is 7.02. The van der Waals surface area contributed by atoms with Crippen molar-refractivity contribution in [1.29, 1.82) is 0 Å². The van der Waals surface area contributed by atoms with E-state index in [4.69, 9.17) is 0 Å². The lowest BCUT2D eigenvalue weighted by atomic mass is 10.1. The summed E-state index contributed by atoms with van der Waals surface area (Å²) >= 11 is 1.89. The Balaban J connectivity index is 1.56. The lowest BCUT2D eigenvalue weighted by Crippen LogP contribution is -2.29. The quantitative estimate of drug-likeness (QED) is 0.919. The van der Waals surface area contributed by atoms with Gasteiger partial charge < -0.3 is 5.32 Å². The van der Waals surface area contributed by atoms with Crippen molar-refractivity contribution in [2.24, 2.45) is 0 Å². The van der Waals surface area contributed by atoms with Gasteiger partial charge in [-0.2, -0.15) is 0 Å². The summed E-state index contributed by atoms with van der Waals surface area (Å²) in [5, 5.41) is 5.63. The van der Waals surface area contributed by atoms with Crippen molar-refractivity contribution in [2.75, 3.05) is 6.54 Å². The second-order valence-electron chi connectivity index (χ2n) is 6.02. The number of hydrogen-bond acceptors (Lipinski definition) is 4. The summed E-state index contributed by atoms with van der Waals surface area (Å²) in [5.74, 6) is 0. The van der Waals surface area contributed by atoms with Crippen molar-refractivity contribution in [2.45, 2.75) is 45.9 Å². The standard InChI is InChI=1S/C17H23N3S/c1-13(2)18-9-14-3-4-16(19-10-14)12-20-7-5-17-15(11-20)6-8-21-17/h3-4,6,8,10,13,18H,5,7,9,11-12H2,1-2H3. The molecule has 3 heterocycles. The molecule has 3 nitrogen and oxygen atoms in total. The minimum atomic E-state index is 0.512. The van der Waals surface area contributed by atoms with Crippen LogP contribution < -0.4 is 5.32 Å². The molecule has 2 aromatic rings. The Morgan fingerprint density at radius 1 is 1.33 bits per heavy atom. The number of nitrogens with zero attached hydrogens (tertiary/aromatic N) is 2. The van der Waals surface area contributed by atoms with Gasteiger partial charge in [0.25, 0.3) is 0 Å². The predicted molar refractivity (Wildman–Crippen MR) is 88.3 cm³/mol. The van der Waals surface area contributed by atoms with E-state index in [1.165, 1.54) is 23.2 Å². The highest BCUT2D eigenvalue weighted by atomic mass is 32.1. The minimum absolute atomic E-state index is 0.512. The summed E-state index contributed by atoms with van der Waals surface area (Å²) in [6.07, 6.45) is 3.19. The van der Waals surface area contributed by atoms with Crippen LogP contribution in [0.1, 0.15) is 35.5 Å². The topological polar surface area (TPSA) is 28.2 Å². The van der Waals surface area contributed by atoms with E-state index in [0.717, 1.165) is 26.2 Å². The van der Waals surface area contributed by atoms with E-state index >= 15 is 0 Å². The third kappa shape index (κ3) is 3.90. The average Bonchev–Trinajstić information content (AvgIpc) is 2.94. The number of aromatic nitrogens is 1. The fourth-order valence-corrected chi connectivity index (χ4v) is 3.54. The largest absolute Gasteiger partial charge is 0.310 e. The van der Waals surface area contributed by atoms with Crippen LogP contribution in [0, 0.1) is 0 Å². The molecule has 0 unspecified atom stereocenters. The molecular weight excluding hydrogens is 278 g/mol. The van der Waals surface area contributed by atoms with Gasteiger partial charge in [-0.3, -0.25) is 9.88 Å². The van der Waals surface area contributed by atoms with Gasteiger partial charge in [-0.15, -0.1) is 11.3 Å².